The minimum absolute atomic E-state index is 0.0589. The molecule has 0 fully saturated rings. The molecule has 1 rings (SSSR count). The summed E-state index contributed by atoms with van der Waals surface area (Å²) in [5, 5.41) is 12.1. The van der Waals surface area contributed by atoms with E-state index in [2.05, 4.69) is 5.32 Å². The van der Waals surface area contributed by atoms with Crippen LogP contribution >= 0.6 is 11.6 Å². The highest BCUT2D eigenvalue weighted by Crippen LogP contribution is 2.20. The van der Waals surface area contributed by atoms with E-state index in [1.54, 1.807) is 30.5 Å². The predicted molar refractivity (Wildman–Crippen MR) is 76.7 cm³/mol. The summed E-state index contributed by atoms with van der Waals surface area (Å²) in [4.78, 5) is 13.9. The van der Waals surface area contributed by atoms with Crippen LogP contribution < -0.4 is 5.32 Å². The van der Waals surface area contributed by atoms with Gasteiger partial charge in [0.05, 0.1) is 10.7 Å². The van der Waals surface area contributed by atoms with Crippen molar-refractivity contribution < 1.29 is 4.79 Å². The number of carbonyl (C=O) groups is 1. The number of nitriles is 1. The van der Waals surface area contributed by atoms with Crippen molar-refractivity contribution in [3.63, 3.8) is 0 Å². The van der Waals surface area contributed by atoms with Crippen LogP contribution in [0.1, 0.15) is 13.8 Å². The molecule has 0 aromatic heterocycles. The number of hydrogen-bond acceptors (Lipinski definition) is 3. The standard InChI is InChI=1S/C14H16ClN3O/c1-3-18(4-2)10-11(9-16)14(19)17-13-8-6-5-7-12(13)15/h5-8,10H,3-4H2,1-2H3,(H,17,19)/b11-10-. The number of hydrogen-bond donors (Lipinski definition) is 1. The molecule has 0 bridgehead atoms. The smallest absolute Gasteiger partial charge is 0.267 e. The van der Waals surface area contributed by atoms with Crippen molar-refractivity contribution in [1.82, 2.24) is 4.90 Å². The van der Waals surface area contributed by atoms with E-state index in [1.807, 2.05) is 24.8 Å². The van der Waals surface area contributed by atoms with Crippen LogP contribution in [-0.2, 0) is 4.79 Å². The van der Waals surface area contributed by atoms with E-state index < -0.39 is 5.91 Å². The zero-order valence-electron chi connectivity index (χ0n) is 11.0. The van der Waals surface area contributed by atoms with Gasteiger partial charge >= 0.3 is 0 Å². The molecule has 0 saturated carbocycles. The van der Waals surface area contributed by atoms with Gasteiger partial charge in [0.25, 0.3) is 5.91 Å². The Morgan fingerprint density at radius 3 is 2.58 bits per heavy atom. The Hall–Kier alpha value is -1.99. The quantitative estimate of drug-likeness (QED) is 0.665. The number of halogens is 1. The van der Waals surface area contributed by atoms with Crippen LogP contribution in [0.5, 0.6) is 0 Å². The van der Waals surface area contributed by atoms with E-state index in [0.717, 1.165) is 13.1 Å². The lowest BCUT2D eigenvalue weighted by Crippen LogP contribution is -2.20. The summed E-state index contributed by atoms with van der Waals surface area (Å²) in [6.07, 6.45) is 1.56. The number of amides is 1. The molecule has 1 N–H and O–H groups in total. The molecule has 0 saturated heterocycles. The number of nitrogens with zero attached hydrogens (tertiary/aromatic N) is 2. The third kappa shape index (κ3) is 4.31. The highest BCUT2D eigenvalue weighted by Gasteiger charge is 2.11. The zero-order valence-corrected chi connectivity index (χ0v) is 11.7. The summed E-state index contributed by atoms with van der Waals surface area (Å²) in [7, 11) is 0. The highest BCUT2D eigenvalue weighted by atomic mass is 35.5. The molecule has 0 aliphatic carbocycles. The average molecular weight is 278 g/mol. The van der Waals surface area contributed by atoms with Gasteiger partial charge in [0, 0.05) is 19.3 Å². The Bertz CT molecular complexity index is 516. The van der Waals surface area contributed by atoms with Crippen molar-refractivity contribution in [1.29, 1.82) is 5.26 Å². The molecule has 1 amide bonds. The van der Waals surface area contributed by atoms with Gasteiger partial charge in [0.15, 0.2) is 0 Å². The van der Waals surface area contributed by atoms with E-state index in [1.165, 1.54) is 0 Å². The van der Waals surface area contributed by atoms with Crippen LogP contribution in [-0.4, -0.2) is 23.9 Å². The SMILES string of the molecule is CCN(/C=C(/C#N)C(=O)Nc1ccccc1Cl)CC. The Labute approximate surface area is 118 Å². The number of nitrogens with one attached hydrogen (secondary N) is 1. The fourth-order valence-electron chi connectivity index (χ4n) is 1.48. The largest absolute Gasteiger partial charge is 0.377 e. The molecule has 0 atom stereocenters. The normalized spacial score (nSPS) is 10.7. The second-order valence-electron chi connectivity index (χ2n) is 3.81. The Balaban J connectivity index is 2.87. The molecule has 1 aromatic rings. The van der Waals surface area contributed by atoms with Crippen LogP contribution in [0.15, 0.2) is 36.0 Å². The van der Waals surface area contributed by atoms with E-state index >= 15 is 0 Å². The van der Waals surface area contributed by atoms with Crippen LogP contribution in [0.25, 0.3) is 0 Å². The topological polar surface area (TPSA) is 56.1 Å². The molecule has 0 spiro atoms. The van der Waals surface area contributed by atoms with Gasteiger partial charge < -0.3 is 10.2 Å². The molecule has 0 heterocycles. The fourth-order valence-corrected chi connectivity index (χ4v) is 1.66. The third-order valence-electron chi connectivity index (χ3n) is 2.61. The van der Waals surface area contributed by atoms with Gasteiger partial charge in [0.1, 0.15) is 11.6 Å². The number of para-hydroxylation sites is 1. The first-order valence-corrected chi connectivity index (χ1v) is 6.42. The van der Waals surface area contributed by atoms with Gasteiger partial charge in [-0.2, -0.15) is 5.26 Å². The number of benzene rings is 1. The highest BCUT2D eigenvalue weighted by molar-refractivity contribution is 6.33. The molecule has 1 aromatic carbocycles. The first-order valence-electron chi connectivity index (χ1n) is 6.04. The molecular formula is C14H16ClN3O. The molecule has 4 nitrogen and oxygen atoms in total. The van der Waals surface area contributed by atoms with E-state index in [4.69, 9.17) is 16.9 Å². The minimum atomic E-state index is -0.456. The van der Waals surface area contributed by atoms with Gasteiger partial charge in [0.2, 0.25) is 0 Å². The van der Waals surface area contributed by atoms with E-state index in [-0.39, 0.29) is 5.57 Å². The Morgan fingerprint density at radius 1 is 1.42 bits per heavy atom. The van der Waals surface area contributed by atoms with Gasteiger partial charge in [-0.25, -0.2) is 0 Å². The lowest BCUT2D eigenvalue weighted by atomic mass is 10.2. The van der Waals surface area contributed by atoms with Crippen LogP contribution in [0.4, 0.5) is 5.69 Å². The summed E-state index contributed by atoms with van der Waals surface area (Å²) < 4.78 is 0. The maximum Gasteiger partial charge on any atom is 0.267 e. The van der Waals surface area contributed by atoms with Gasteiger partial charge in [-0.3, -0.25) is 4.79 Å². The molecule has 100 valence electrons. The molecule has 0 aliphatic rings. The summed E-state index contributed by atoms with van der Waals surface area (Å²) in [5.74, 6) is -0.456. The maximum absolute atomic E-state index is 12.0. The zero-order chi connectivity index (χ0) is 14.3. The van der Waals surface area contributed by atoms with Crippen molar-refractivity contribution in [3.8, 4) is 6.07 Å². The summed E-state index contributed by atoms with van der Waals surface area (Å²) in [5.41, 5.74) is 0.554. The monoisotopic (exact) mass is 277 g/mol. The first kappa shape index (κ1) is 15.1. The third-order valence-corrected chi connectivity index (χ3v) is 2.94. The average Bonchev–Trinajstić information content (AvgIpc) is 2.42. The lowest BCUT2D eigenvalue weighted by molar-refractivity contribution is -0.112. The van der Waals surface area contributed by atoms with Gasteiger partial charge in [-0.1, -0.05) is 23.7 Å². The van der Waals surface area contributed by atoms with Crippen molar-refractivity contribution in [2.24, 2.45) is 0 Å². The van der Waals surface area contributed by atoms with E-state index in [9.17, 15) is 4.79 Å². The maximum atomic E-state index is 12.0. The molecule has 19 heavy (non-hydrogen) atoms. The van der Waals surface area contributed by atoms with Crippen molar-refractivity contribution in [3.05, 3.63) is 41.1 Å². The molecule has 5 heteroatoms. The van der Waals surface area contributed by atoms with Crippen molar-refractivity contribution in [2.45, 2.75) is 13.8 Å². The lowest BCUT2D eigenvalue weighted by Gasteiger charge is -2.15. The predicted octanol–water partition coefficient (Wildman–Crippen LogP) is 3.03. The van der Waals surface area contributed by atoms with Crippen molar-refractivity contribution >= 4 is 23.2 Å². The minimum Gasteiger partial charge on any atom is -0.377 e. The van der Waals surface area contributed by atoms with Gasteiger partial charge in [-0.15, -0.1) is 0 Å². The molecular weight excluding hydrogens is 262 g/mol. The van der Waals surface area contributed by atoms with E-state index in [0.29, 0.717) is 10.7 Å². The van der Waals surface area contributed by atoms with Gasteiger partial charge in [-0.05, 0) is 26.0 Å². The van der Waals surface area contributed by atoms with Crippen molar-refractivity contribution in [2.75, 3.05) is 18.4 Å². The molecule has 0 unspecified atom stereocenters. The van der Waals surface area contributed by atoms with Crippen LogP contribution in [0.3, 0.4) is 0 Å². The van der Waals surface area contributed by atoms with Crippen LogP contribution in [0, 0.1) is 11.3 Å². The second-order valence-corrected chi connectivity index (χ2v) is 4.22. The molecule has 0 aliphatic heterocycles. The fraction of sp³-hybridized carbons (Fsp3) is 0.286. The van der Waals surface area contributed by atoms with Crippen LogP contribution in [0.2, 0.25) is 5.02 Å². The molecule has 0 radical (unpaired) electrons. The summed E-state index contributed by atoms with van der Waals surface area (Å²) >= 11 is 5.95. The first-order chi connectivity index (χ1) is 9.12. The second kappa shape index (κ2) is 7.45. The Morgan fingerprint density at radius 2 is 2.05 bits per heavy atom. The summed E-state index contributed by atoms with van der Waals surface area (Å²) in [6.45, 7) is 5.39. The Kier molecular flexibility index (Phi) is 5.91. The summed E-state index contributed by atoms with van der Waals surface area (Å²) in [6, 6.07) is 8.81. The number of anilines is 1. The number of carbonyl (C=O) groups excluding carboxylic acids is 1. The number of rotatable bonds is 5.